The number of nitrogens with one attached hydrogen (secondary N) is 1. The van der Waals surface area contributed by atoms with Crippen LogP contribution in [0.4, 0.5) is 0 Å². The van der Waals surface area contributed by atoms with E-state index in [1.807, 2.05) is 16.8 Å². The van der Waals surface area contributed by atoms with E-state index in [4.69, 9.17) is 16.0 Å². The molecular formula is C29H38N4O4. The standard InChI is InChI=1S/C29H38N4O4/c1-28(2)16-23-26(24(34)17-28)22(10-11-25(35)32-37)31-33(23)20-8-9-21(27(30)36)18(14-20)6-7-19-15-29(19)12-4-3-5-13-29/h8-9,14,19,37H,3-7,10-13,15-17H2,1-2H3,(H2,30,36)(H,32,35)/t19-/m1/s1. The predicted molar refractivity (Wildman–Crippen MR) is 139 cm³/mol. The molecule has 0 bridgehead atoms. The Bertz CT molecular complexity index is 1240. The molecule has 4 N–H and O–H groups in total. The third-order valence-corrected chi connectivity index (χ3v) is 8.90. The Morgan fingerprint density at radius 1 is 1.16 bits per heavy atom. The average Bonchev–Trinajstić information content (AvgIpc) is 3.38. The fourth-order valence-electron chi connectivity index (χ4n) is 6.90. The highest BCUT2D eigenvalue weighted by atomic mass is 16.5. The maximum absolute atomic E-state index is 13.2. The third-order valence-electron chi connectivity index (χ3n) is 8.90. The van der Waals surface area contributed by atoms with Crippen LogP contribution in [0.5, 0.6) is 0 Å². The molecule has 3 aliphatic carbocycles. The summed E-state index contributed by atoms with van der Waals surface area (Å²) in [4.78, 5) is 37.1. The van der Waals surface area contributed by atoms with E-state index in [0.717, 1.165) is 35.7 Å². The second kappa shape index (κ2) is 9.71. The lowest BCUT2D eigenvalue weighted by Gasteiger charge is -2.29. The van der Waals surface area contributed by atoms with Gasteiger partial charge in [-0.3, -0.25) is 19.6 Å². The van der Waals surface area contributed by atoms with Crippen molar-refractivity contribution < 1.29 is 19.6 Å². The third kappa shape index (κ3) is 5.08. The molecule has 2 fully saturated rings. The molecular weight excluding hydrogens is 468 g/mol. The Labute approximate surface area is 217 Å². The van der Waals surface area contributed by atoms with E-state index in [0.29, 0.717) is 35.1 Å². The minimum atomic E-state index is -0.518. The summed E-state index contributed by atoms with van der Waals surface area (Å²) in [5.74, 6) is -0.204. The van der Waals surface area contributed by atoms with Crippen molar-refractivity contribution in [1.29, 1.82) is 0 Å². The van der Waals surface area contributed by atoms with E-state index < -0.39 is 11.8 Å². The Balaban J connectivity index is 1.47. The highest BCUT2D eigenvalue weighted by Gasteiger charge is 2.52. The number of aryl methyl sites for hydroxylation is 2. The number of Topliss-reactive ketones (excluding diaryl/α,β-unsaturated/α-hetero) is 1. The number of nitrogens with zero attached hydrogens (tertiary/aromatic N) is 2. The number of rotatable bonds is 8. The summed E-state index contributed by atoms with van der Waals surface area (Å²) >= 11 is 0. The molecule has 0 aliphatic heterocycles. The number of carbonyl (C=O) groups is 3. The van der Waals surface area contributed by atoms with E-state index >= 15 is 0 Å². The van der Waals surface area contributed by atoms with Crippen molar-refractivity contribution in [2.45, 2.75) is 90.9 Å². The first-order valence-electron chi connectivity index (χ1n) is 13.6. The van der Waals surface area contributed by atoms with E-state index in [9.17, 15) is 14.4 Å². The van der Waals surface area contributed by atoms with Gasteiger partial charge in [0.25, 0.3) is 0 Å². The van der Waals surface area contributed by atoms with E-state index in [1.54, 1.807) is 11.5 Å². The van der Waals surface area contributed by atoms with Gasteiger partial charge in [-0.1, -0.05) is 33.1 Å². The van der Waals surface area contributed by atoms with Crippen LogP contribution in [0.3, 0.4) is 0 Å². The molecule has 1 atom stereocenters. The van der Waals surface area contributed by atoms with Gasteiger partial charge in [0, 0.05) is 24.8 Å². The van der Waals surface area contributed by atoms with Crippen LogP contribution >= 0.6 is 0 Å². The molecule has 2 saturated carbocycles. The summed E-state index contributed by atoms with van der Waals surface area (Å²) in [6.45, 7) is 4.14. The topological polar surface area (TPSA) is 127 Å². The molecule has 1 heterocycles. The second-order valence-electron chi connectivity index (χ2n) is 12.2. The summed E-state index contributed by atoms with van der Waals surface area (Å²) in [5, 5.41) is 13.7. The normalized spacial score (nSPS) is 21.5. The molecule has 198 valence electrons. The molecule has 2 amide bonds. The second-order valence-corrected chi connectivity index (χ2v) is 12.2. The first-order valence-corrected chi connectivity index (χ1v) is 13.6. The lowest BCUT2D eigenvalue weighted by Crippen LogP contribution is -2.28. The van der Waals surface area contributed by atoms with Gasteiger partial charge < -0.3 is 5.73 Å². The molecule has 0 unspecified atom stereocenters. The largest absolute Gasteiger partial charge is 0.366 e. The van der Waals surface area contributed by atoms with Crippen LogP contribution in [0.15, 0.2) is 18.2 Å². The van der Waals surface area contributed by atoms with E-state index in [2.05, 4.69) is 13.8 Å². The molecule has 8 heteroatoms. The van der Waals surface area contributed by atoms with Crippen molar-refractivity contribution in [2.75, 3.05) is 0 Å². The van der Waals surface area contributed by atoms with Crippen LogP contribution in [-0.2, 0) is 24.1 Å². The van der Waals surface area contributed by atoms with Gasteiger partial charge >= 0.3 is 0 Å². The number of benzene rings is 1. The van der Waals surface area contributed by atoms with Crippen LogP contribution < -0.4 is 11.2 Å². The monoisotopic (exact) mass is 506 g/mol. The molecule has 5 rings (SSSR count). The molecule has 1 aromatic heterocycles. The van der Waals surface area contributed by atoms with Gasteiger partial charge in [-0.15, -0.1) is 0 Å². The minimum Gasteiger partial charge on any atom is -0.366 e. The summed E-state index contributed by atoms with van der Waals surface area (Å²) in [7, 11) is 0. The van der Waals surface area contributed by atoms with Crippen molar-refractivity contribution in [2.24, 2.45) is 22.5 Å². The minimum absolute atomic E-state index is 0.0254. The lowest BCUT2D eigenvalue weighted by molar-refractivity contribution is -0.129. The van der Waals surface area contributed by atoms with Crippen molar-refractivity contribution in [3.05, 3.63) is 46.3 Å². The van der Waals surface area contributed by atoms with E-state index in [1.165, 1.54) is 38.5 Å². The highest BCUT2D eigenvalue weighted by molar-refractivity contribution is 6.00. The molecule has 1 aromatic carbocycles. The van der Waals surface area contributed by atoms with Crippen LogP contribution in [0.1, 0.15) is 109 Å². The SMILES string of the molecule is CC1(C)CC(=O)c2c(CCC(=O)NO)nn(-c3ccc(C(N)=O)c(CC[C@@H]4CC45CCCCC5)c3)c2C1. The van der Waals surface area contributed by atoms with Crippen LogP contribution in [0, 0.1) is 16.7 Å². The van der Waals surface area contributed by atoms with Crippen molar-refractivity contribution >= 4 is 17.6 Å². The van der Waals surface area contributed by atoms with Crippen molar-refractivity contribution in [1.82, 2.24) is 15.3 Å². The Hall–Kier alpha value is -3.00. The lowest BCUT2D eigenvalue weighted by atomic mass is 9.75. The number of carbonyl (C=O) groups excluding carboxylic acids is 3. The molecule has 0 saturated heterocycles. The van der Waals surface area contributed by atoms with Gasteiger partial charge in [-0.2, -0.15) is 5.10 Å². The first kappa shape index (κ1) is 25.6. The zero-order valence-electron chi connectivity index (χ0n) is 21.9. The molecule has 37 heavy (non-hydrogen) atoms. The fraction of sp³-hybridized carbons (Fsp3) is 0.586. The van der Waals surface area contributed by atoms with E-state index in [-0.39, 0.29) is 24.0 Å². The van der Waals surface area contributed by atoms with Gasteiger partial charge in [0.05, 0.1) is 22.6 Å². The number of hydroxylamine groups is 1. The number of hydrogen-bond acceptors (Lipinski definition) is 5. The molecule has 2 aromatic rings. The van der Waals surface area contributed by atoms with Gasteiger partial charge in [-0.05, 0) is 79.0 Å². The van der Waals surface area contributed by atoms with Crippen LogP contribution in [0.25, 0.3) is 5.69 Å². The highest BCUT2D eigenvalue weighted by Crippen LogP contribution is 2.63. The fourth-order valence-corrected chi connectivity index (χ4v) is 6.90. The van der Waals surface area contributed by atoms with Gasteiger partial charge in [0.1, 0.15) is 0 Å². The zero-order valence-corrected chi connectivity index (χ0v) is 21.9. The molecule has 3 aliphatic rings. The average molecular weight is 507 g/mol. The Morgan fingerprint density at radius 2 is 1.92 bits per heavy atom. The van der Waals surface area contributed by atoms with Crippen LogP contribution in [-0.4, -0.2) is 32.6 Å². The number of nitrogens with two attached hydrogens (primary N) is 1. The number of amides is 2. The maximum atomic E-state index is 13.2. The van der Waals surface area contributed by atoms with Gasteiger partial charge in [-0.25, -0.2) is 10.2 Å². The maximum Gasteiger partial charge on any atom is 0.248 e. The van der Waals surface area contributed by atoms with Crippen molar-refractivity contribution in [3.8, 4) is 5.69 Å². The number of ketones is 1. The number of hydrogen-bond donors (Lipinski definition) is 3. The van der Waals surface area contributed by atoms with Crippen molar-refractivity contribution in [3.63, 3.8) is 0 Å². The quantitative estimate of drug-likeness (QED) is 0.360. The Morgan fingerprint density at radius 3 is 2.62 bits per heavy atom. The van der Waals surface area contributed by atoms with Gasteiger partial charge in [0.2, 0.25) is 11.8 Å². The molecule has 0 radical (unpaired) electrons. The summed E-state index contributed by atoms with van der Waals surface area (Å²) in [6.07, 6.45) is 11.2. The summed E-state index contributed by atoms with van der Waals surface area (Å²) in [5.41, 5.74) is 12.0. The van der Waals surface area contributed by atoms with Crippen LogP contribution in [0.2, 0.25) is 0 Å². The Kier molecular flexibility index (Phi) is 6.73. The summed E-state index contributed by atoms with van der Waals surface area (Å²) in [6, 6.07) is 5.62. The molecule has 8 nitrogen and oxygen atoms in total. The number of fused-ring (bicyclic) bond motifs is 1. The molecule has 1 spiro atoms. The zero-order chi connectivity index (χ0) is 26.4. The smallest absolute Gasteiger partial charge is 0.248 e. The predicted octanol–water partition coefficient (Wildman–Crippen LogP) is 4.47. The first-order chi connectivity index (χ1) is 17.6. The number of aromatic nitrogens is 2. The van der Waals surface area contributed by atoms with Gasteiger partial charge in [0.15, 0.2) is 5.78 Å². The summed E-state index contributed by atoms with van der Waals surface area (Å²) < 4.78 is 1.81. The number of primary amides is 1.